The van der Waals surface area contributed by atoms with Gasteiger partial charge in [-0.2, -0.15) is 0 Å². The maximum Gasteiger partial charge on any atom is 0.333 e. The van der Waals surface area contributed by atoms with E-state index in [0.29, 0.717) is 19.8 Å². The normalized spacial score (nSPS) is 13.5. The van der Waals surface area contributed by atoms with Gasteiger partial charge in [-0.05, 0) is 33.1 Å². The Morgan fingerprint density at radius 3 is 1.95 bits per heavy atom. The smallest absolute Gasteiger partial charge is 0.333 e. The van der Waals surface area contributed by atoms with Crippen LogP contribution in [0, 0.1) is 0 Å². The molecule has 0 bridgehead atoms. The molecule has 0 aliphatic carbocycles. The van der Waals surface area contributed by atoms with E-state index in [-0.39, 0.29) is 5.66 Å². The zero-order valence-electron chi connectivity index (χ0n) is 15.1. The molecule has 5 heteroatoms. The van der Waals surface area contributed by atoms with Crippen molar-refractivity contribution < 1.29 is 18.3 Å². The van der Waals surface area contributed by atoms with Gasteiger partial charge in [0.05, 0.1) is 18.9 Å². The van der Waals surface area contributed by atoms with Crippen LogP contribution in [0.3, 0.4) is 0 Å². The second kappa shape index (κ2) is 14.7. The van der Waals surface area contributed by atoms with Crippen LogP contribution >= 0.6 is 7.60 Å². The lowest BCUT2D eigenvalue weighted by molar-refractivity contribution is 0.123. The van der Waals surface area contributed by atoms with Crippen LogP contribution in [0.5, 0.6) is 0 Å². The van der Waals surface area contributed by atoms with E-state index in [1.807, 2.05) is 13.8 Å². The number of hydrogen-bond acceptors (Lipinski definition) is 4. The Morgan fingerprint density at radius 2 is 1.41 bits per heavy atom. The van der Waals surface area contributed by atoms with Gasteiger partial charge >= 0.3 is 7.60 Å². The molecule has 0 saturated carbocycles. The van der Waals surface area contributed by atoms with Crippen molar-refractivity contribution in [1.82, 2.24) is 0 Å². The van der Waals surface area contributed by atoms with Crippen LogP contribution in [0.1, 0.15) is 79.1 Å². The Hall–Kier alpha value is 0.110. The average molecular weight is 336 g/mol. The molecule has 0 aromatic heterocycles. The van der Waals surface area contributed by atoms with Gasteiger partial charge in [0.15, 0.2) is 0 Å². The number of ether oxygens (including phenoxy) is 1. The zero-order valence-corrected chi connectivity index (χ0v) is 16.0. The molecule has 1 atom stereocenters. The van der Waals surface area contributed by atoms with Crippen LogP contribution in [-0.2, 0) is 18.3 Å². The Balaban J connectivity index is 4.48. The van der Waals surface area contributed by atoms with Crippen LogP contribution in [0.4, 0.5) is 0 Å². The zero-order chi connectivity index (χ0) is 16.7. The highest BCUT2D eigenvalue weighted by Gasteiger charge is 2.34. The summed E-state index contributed by atoms with van der Waals surface area (Å²) in [5.41, 5.74) is -0.0362. The lowest BCUT2D eigenvalue weighted by atomic mass is 10.1. The molecule has 0 aliphatic rings. The topological polar surface area (TPSA) is 44.8 Å². The van der Waals surface area contributed by atoms with Crippen molar-refractivity contribution in [2.45, 2.75) is 84.7 Å². The molecule has 22 heavy (non-hydrogen) atoms. The summed E-state index contributed by atoms with van der Waals surface area (Å²) in [4.78, 5) is 0. The molecule has 0 fully saturated rings. The van der Waals surface area contributed by atoms with Gasteiger partial charge in [0.1, 0.15) is 0 Å². The molecule has 0 radical (unpaired) electrons. The van der Waals surface area contributed by atoms with Gasteiger partial charge in [-0.15, -0.1) is 0 Å². The monoisotopic (exact) mass is 336 g/mol. The van der Waals surface area contributed by atoms with Gasteiger partial charge in [-0.3, -0.25) is 4.57 Å². The molecule has 0 saturated heterocycles. The average Bonchev–Trinajstić information content (AvgIpc) is 2.49. The van der Waals surface area contributed by atoms with E-state index in [9.17, 15) is 4.57 Å². The fraction of sp³-hybridized carbons (Fsp3) is 1.00. The van der Waals surface area contributed by atoms with Crippen molar-refractivity contribution in [3.63, 3.8) is 0 Å². The highest BCUT2D eigenvalue weighted by Crippen LogP contribution is 2.55. The molecular weight excluding hydrogens is 299 g/mol. The van der Waals surface area contributed by atoms with Crippen molar-refractivity contribution in [2.24, 2.45) is 0 Å². The van der Waals surface area contributed by atoms with Crippen molar-refractivity contribution >= 4 is 7.60 Å². The lowest BCUT2D eigenvalue weighted by Crippen LogP contribution is -2.16. The van der Waals surface area contributed by atoms with Crippen molar-refractivity contribution in [3.8, 4) is 0 Å². The highest BCUT2D eigenvalue weighted by atomic mass is 31.2. The van der Waals surface area contributed by atoms with Crippen molar-refractivity contribution in [3.05, 3.63) is 0 Å². The summed E-state index contributed by atoms with van der Waals surface area (Å²) < 4.78 is 29.7. The first-order chi connectivity index (χ1) is 10.6. The number of hydrogen-bond donors (Lipinski definition) is 0. The SMILES string of the molecule is CCCCCCC(CCOCCCC)P(=O)(OCC)OCC. The van der Waals surface area contributed by atoms with E-state index >= 15 is 0 Å². The molecular formula is C17H37O4P. The maximum absolute atomic E-state index is 13.0. The number of rotatable bonds is 16. The highest BCUT2D eigenvalue weighted by molar-refractivity contribution is 7.54. The van der Waals surface area contributed by atoms with Crippen molar-refractivity contribution in [2.75, 3.05) is 26.4 Å². The molecule has 0 aromatic rings. The Labute approximate surface area is 137 Å². The predicted octanol–water partition coefficient (Wildman–Crippen LogP) is 5.80. The molecule has 4 nitrogen and oxygen atoms in total. The Bertz CT molecular complexity index is 274. The second-order valence-electron chi connectivity index (χ2n) is 5.63. The summed E-state index contributed by atoms with van der Waals surface area (Å²) in [6, 6.07) is 0. The molecule has 0 aliphatic heterocycles. The molecule has 0 rings (SSSR count). The second-order valence-corrected chi connectivity index (χ2v) is 7.96. The number of unbranched alkanes of at least 4 members (excludes halogenated alkanes) is 4. The van der Waals surface area contributed by atoms with Gasteiger partial charge < -0.3 is 13.8 Å². The molecule has 0 N–H and O–H groups in total. The van der Waals surface area contributed by atoms with E-state index < -0.39 is 7.60 Å². The summed E-state index contributed by atoms with van der Waals surface area (Å²) in [6.45, 7) is 10.4. The predicted molar refractivity (Wildman–Crippen MR) is 93.7 cm³/mol. The first-order valence-electron chi connectivity index (χ1n) is 9.11. The molecule has 1 unspecified atom stereocenters. The van der Waals surface area contributed by atoms with Crippen LogP contribution in [0.15, 0.2) is 0 Å². The van der Waals surface area contributed by atoms with Gasteiger partial charge in [-0.25, -0.2) is 0 Å². The lowest BCUT2D eigenvalue weighted by Gasteiger charge is -2.26. The fourth-order valence-corrected chi connectivity index (χ4v) is 4.58. The van der Waals surface area contributed by atoms with E-state index in [0.717, 1.165) is 38.7 Å². The van der Waals surface area contributed by atoms with E-state index in [4.69, 9.17) is 13.8 Å². The third-order valence-electron chi connectivity index (χ3n) is 3.69. The minimum absolute atomic E-state index is 0.0362. The van der Waals surface area contributed by atoms with E-state index in [1.54, 1.807) is 0 Å². The standard InChI is InChI=1S/C17H37O4P/c1-5-9-11-12-13-17(14-16-19-15-10-6-2)22(18,20-7-3)21-8-4/h17H,5-16H2,1-4H3. The summed E-state index contributed by atoms with van der Waals surface area (Å²) in [5.74, 6) is 0. The quantitative estimate of drug-likeness (QED) is 0.264. The summed E-state index contributed by atoms with van der Waals surface area (Å²) in [5, 5.41) is 0. The Morgan fingerprint density at radius 1 is 0.773 bits per heavy atom. The van der Waals surface area contributed by atoms with E-state index in [2.05, 4.69) is 13.8 Å². The van der Waals surface area contributed by atoms with Crippen LogP contribution < -0.4 is 0 Å². The molecule has 134 valence electrons. The molecule has 0 spiro atoms. The molecule has 0 heterocycles. The van der Waals surface area contributed by atoms with Gasteiger partial charge in [0, 0.05) is 13.2 Å². The van der Waals surface area contributed by atoms with Crippen LogP contribution in [0.2, 0.25) is 0 Å². The first kappa shape index (κ1) is 22.1. The third-order valence-corrected chi connectivity index (χ3v) is 6.34. The summed E-state index contributed by atoms with van der Waals surface area (Å²) in [7, 11) is -3.01. The van der Waals surface area contributed by atoms with Gasteiger partial charge in [-0.1, -0.05) is 46.0 Å². The minimum atomic E-state index is -3.01. The minimum Gasteiger partial charge on any atom is -0.381 e. The fourth-order valence-electron chi connectivity index (χ4n) is 2.44. The maximum atomic E-state index is 13.0. The largest absolute Gasteiger partial charge is 0.381 e. The van der Waals surface area contributed by atoms with E-state index in [1.165, 1.54) is 19.3 Å². The van der Waals surface area contributed by atoms with Crippen LogP contribution in [-0.4, -0.2) is 32.1 Å². The molecule has 0 amide bonds. The van der Waals surface area contributed by atoms with Gasteiger partial charge in [0.2, 0.25) is 0 Å². The molecule has 0 aromatic carbocycles. The van der Waals surface area contributed by atoms with Gasteiger partial charge in [0.25, 0.3) is 0 Å². The summed E-state index contributed by atoms with van der Waals surface area (Å²) in [6.07, 6.45) is 8.57. The first-order valence-corrected chi connectivity index (χ1v) is 10.7. The van der Waals surface area contributed by atoms with Crippen molar-refractivity contribution in [1.29, 1.82) is 0 Å². The van der Waals surface area contributed by atoms with Crippen LogP contribution in [0.25, 0.3) is 0 Å². The summed E-state index contributed by atoms with van der Waals surface area (Å²) >= 11 is 0. The third kappa shape index (κ3) is 9.99. The Kier molecular flexibility index (Phi) is 14.8.